The fourth-order valence-corrected chi connectivity index (χ4v) is 2.87. The van der Waals surface area contributed by atoms with Crippen LogP contribution in [0.2, 0.25) is 0 Å². The van der Waals surface area contributed by atoms with Gasteiger partial charge in [-0.1, -0.05) is 12.1 Å². The maximum atomic E-state index is 11.8. The third-order valence-electron chi connectivity index (χ3n) is 3.99. The lowest BCUT2D eigenvalue weighted by molar-refractivity contribution is -0.146. The van der Waals surface area contributed by atoms with Gasteiger partial charge < -0.3 is 9.64 Å². The molecule has 0 amide bonds. The van der Waals surface area contributed by atoms with Crippen molar-refractivity contribution in [2.45, 2.75) is 25.8 Å². The maximum absolute atomic E-state index is 11.8. The van der Waals surface area contributed by atoms with Crippen LogP contribution in [0.5, 0.6) is 0 Å². The van der Waals surface area contributed by atoms with Gasteiger partial charge in [-0.2, -0.15) is 5.26 Å². The van der Waals surface area contributed by atoms with Crippen molar-refractivity contribution in [1.82, 2.24) is 0 Å². The average molecular weight is 258 g/mol. The molecule has 1 heterocycles. The molecule has 0 bridgehead atoms. The molecule has 1 aromatic carbocycles. The van der Waals surface area contributed by atoms with Crippen molar-refractivity contribution in [3.05, 3.63) is 29.8 Å². The molecule has 19 heavy (non-hydrogen) atoms. The van der Waals surface area contributed by atoms with Crippen molar-refractivity contribution in [2.24, 2.45) is 5.92 Å². The Bertz CT molecular complexity index is 531. The molecule has 1 aliphatic rings. The quantitative estimate of drug-likeness (QED) is 0.764. The van der Waals surface area contributed by atoms with Crippen molar-refractivity contribution >= 4 is 11.7 Å². The standard InChI is InChI=1S/C15H18N2O2/c1-15(2)12(14(18)19-3)8-9-17(15)13-7-5-4-6-11(13)10-16/h4-7,12H,8-9H2,1-3H3. The van der Waals surface area contributed by atoms with Crippen molar-refractivity contribution in [1.29, 1.82) is 5.26 Å². The lowest BCUT2D eigenvalue weighted by atomic mass is 9.88. The van der Waals surface area contributed by atoms with Crippen LogP contribution in [0.3, 0.4) is 0 Å². The number of hydrogen-bond acceptors (Lipinski definition) is 4. The van der Waals surface area contributed by atoms with Gasteiger partial charge in [-0.05, 0) is 32.4 Å². The fraction of sp³-hybridized carbons (Fsp3) is 0.467. The van der Waals surface area contributed by atoms with Crippen LogP contribution in [-0.2, 0) is 9.53 Å². The van der Waals surface area contributed by atoms with E-state index in [0.29, 0.717) is 5.56 Å². The first kappa shape index (κ1) is 13.4. The van der Waals surface area contributed by atoms with Crippen LogP contribution in [0.15, 0.2) is 24.3 Å². The highest BCUT2D eigenvalue weighted by atomic mass is 16.5. The third kappa shape index (κ3) is 2.17. The number of rotatable bonds is 2. The SMILES string of the molecule is COC(=O)C1CCN(c2ccccc2C#N)C1(C)C. The molecule has 1 unspecified atom stereocenters. The molecule has 0 saturated carbocycles. The molecule has 1 aliphatic heterocycles. The Hall–Kier alpha value is -2.02. The summed E-state index contributed by atoms with van der Waals surface area (Å²) in [6, 6.07) is 9.71. The van der Waals surface area contributed by atoms with Gasteiger partial charge in [-0.3, -0.25) is 4.79 Å². The van der Waals surface area contributed by atoms with E-state index in [9.17, 15) is 10.1 Å². The lowest BCUT2D eigenvalue weighted by Gasteiger charge is -2.37. The molecule has 4 heteroatoms. The van der Waals surface area contributed by atoms with E-state index >= 15 is 0 Å². The van der Waals surface area contributed by atoms with E-state index in [1.807, 2.05) is 32.0 Å². The summed E-state index contributed by atoms with van der Waals surface area (Å²) in [5.74, 6) is -0.341. The monoisotopic (exact) mass is 258 g/mol. The molecule has 0 spiro atoms. The number of carbonyl (C=O) groups excluding carboxylic acids is 1. The predicted molar refractivity (Wildman–Crippen MR) is 72.7 cm³/mol. The number of para-hydroxylation sites is 1. The van der Waals surface area contributed by atoms with Crippen LogP contribution in [0, 0.1) is 17.2 Å². The number of nitriles is 1. The first-order chi connectivity index (χ1) is 9.02. The number of esters is 1. The van der Waals surface area contributed by atoms with E-state index in [1.54, 1.807) is 6.07 Å². The van der Waals surface area contributed by atoms with E-state index < -0.39 is 0 Å². The third-order valence-corrected chi connectivity index (χ3v) is 3.99. The maximum Gasteiger partial charge on any atom is 0.311 e. The lowest BCUT2D eigenvalue weighted by Crippen LogP contribution is -2.45. The summed E-state index contributed by atoms with van der Waals surface area (Å²) in [5, 5.41) is 9.20. The fourth-order valence-electron chi connectivity index (χ4n) is 2.87. The number of anilines is 1. The zero-order valence-corrected chi connectivity index (χ0v) is 11.5. The first-order valence-electron chi connectivity index (χ1n) is 6.37. The van der Waals surface area contributed by atoms with Crippen LogP contribution in [-0.4, -0.2) is 25.2 Å². The number of ether oxygens (including phenoxy) is 1. The first-order valence-corrected chi connectivity index (χ1v) is 6.37. The number of hydrogen-bond donors (Lipinski definition) is 0. The molecule has 1 saturated heterocycles. The molecule has 2 rings (SSSR count). The van der Waals surface area contributed by atoms with E-state index in [0.717, 1.165) is 18.7 Å². The minimum absolute atomic E-state index is 0.163. The van der Waals surface area contributed by atoms with Crippen molar-refractivity contribution in [3.63, 3.8) is 0 Å². The molecule has 0 radical (unpaired) electrons. The number of methoxy groups -OCH3 is 1. The van der Waals surface area contributed by atoms with Crippen molar-refractivity contribution < 1.29 is 9.53 Å². The Morgan fingerprint density at radius 2 is 2.16 bits per heavy atom. The van der Waals surface area contributed by atoms with Gasteiger partial charge in [0, 0.05) is 12.1 Å². The van der Waals surface area contributed by atoms with Crippen molar-refractivity contribution in [2.75, 3.05) is 18.6 Å². The Labute approximate surface area is 113 Å². The summed E-state index contributed by atoms with van der Waals surface area (Å²) in [7, 11) is 1.42. The molecular formula is C15H18N2O2. The number of benzene rings is 1. The van der Waals surface area contributed by atoms with E-state index in [2.05, 4.69) is 11.0 Å². The summed E-state index contributed by atoms with van der Waals surface area (Å²) < 4.78 is 4.88. The molecule has 4 nitrogen and oxygen atoms in total. The number of carbonyl (C=O) groups is 1. The highest BCUT2D eigenvalue weighted by Gasteiger charge is 2.46. The minimum atomic E-state index is -0.347. The van der Waals surface area contributed by atoms with Crippen LogP contribution >= 0.6 is 0 Å². The Morgan fingerprint density at radius 1 is 1.47 bits per heavy atom. The molecule has 1 aromatic rings. The van der Waals surface area contributed by atoms with Crippen molar-refractivity contribution in [3.8, 4) is 6.07 Å². The zero-order valence-electron chi connectivity index (χ0n) is 11.5. The second-order valence-electron chi connectivity index (χ2n) is 5.30. The van der Waals surface area contributed by atoms with E-state index in [1.165, 1.54) is 7.11 Å². The van der Waals surface area contributed by atoms with Gasteiger partial charge in [-0.15, -0.1) is 0 Å². The van der Waals surface area contributed by atoms with Gasteiger partial charge in [-0.25, -0.2) is 0 Å². The molecule has 1 fully saturated rings. The minimum Gasteiger partial charge on any atom is -0.469 e. The largest absolute Gasteiger partial charge is 0.469 e. The Morgan fingerprint density at radius 3 is 2.79 bits per heavy atom. The van der Waals surface area contributed by atoms with Gasteiger partial charge in [0.2, 0.25) is 0 Å². The molecule has 0 aliphatic carbocycles. The molecule has 100 valence electrons. The van der Waals surface area contributed by atoms with Gasteiger partial charge >= 0.3 is 5.97 Å². The molecule has 0 aromatic heterocycles. The molecule has 1 atom stereocenters. The van der Waals surface area contributed by atoms with Crippen LogP contribution in [0.25, 0.3) is 0 Å². The number of nitrogens with zero attached hydrogens (tertiary/aromatic N) is 2. The zero-order chi connectivity index (χ0) is 14.0. The van der Waals surface area contributed by atoms with Crippen LogP contribution < -0.4 is 4.90 Å². The van der Waals surface area contributed by atoms with E-state index in [4.69, 9.17) is 4.74 Å². The van der Waals surface area contributed by atoms with Gasteiger partial charge in [0.25, 0.3) is 0 Å². The highest BCUT2D eigenvalue weighted by molar-refractivity contribution is 5.77. The second kappa shape index (κ2) is 4.93. The predicted octanol–water partition coefficient (Wildman–Crippen LogP) is 2.34. The summed E-state index contributed by atoms with van der Waals surface area (Å²) in [5.41, 5.74) is 1.18. The Balaban J connectivity index is 2.38. The Kier molecular flexibility index (Phi) is 3.48. The summed E-state index contributed by atoms with van der Waals surface area (Å²) in [4.78, 5) is 14.0. The van der Waals surface area contributed by atoms with Gasteiger partial charge in [0.05, 0.1) is 24.3 Å². The normalized spacial score (nSPS) is 20.9. The summed E-state index contributed by atoms with van der Waals surface area (Å²) in [6.07, 6.45) is 0.749. The second-order valence-corrected chi connectivity index (χ2v) is 5.30. The topological polar surface area (TPSA) is 53.3 Å². The molecule has 0 N–H and O–H groups in total. The van der Waals surface area contributed by atoms with Gasteiger partial charge in [0.1, 0.15) is 6.07 Å². The van der Waals surface area contributed by atoms with Crippen LogP contribution in [0.4, 0.5) is 5.69 Å². The smallest absolute Gasteiger partial charge is 0.311 e. The average Bonchev–Trinajstić information content (AvgIpc) is 2.73. The van der Waals surface area contributed by atoms with Gasteiger partial charge in [0.15, 0.2) is 0 Å². The van der Waals surface area contributed by atoms with E-state index in [-0.39, 0.29) is 17.4 Å². The summed E-state index contributed by atoms with van der Waals surface area (Å²) >= 11 is 0. The molecular weight excluding hydrogens is 240 g/mol. The summed E-state index contributed by atoms with van der Waals surface area (Å²) in [6.45, 7) is 4.80. The van der Waals surface area contributed by atoms with Crippen LogP contribution in [0.1, 0.15) is 25.8 Å². The highest BCUT2D eigenvalue weighted by Crippen LogP contribution is 2.39.